The van der Waals surface area contributed by atoms with Crippen molar-refractivity contribution in [1.82, 2.24) is 15.3 Å². The van der Waals surface area contributed by atoms with Gasteiger partial charge in [0.1, 0.15) is 10.7 Å². The predicted molar refractivity (Wildman–Crippen MR) is 67.4 cm³/mol. The Labute approximate surface area is 105 Å². The van der Waals surface area contributed by atoms with Crippen LogP contribution < -0.4 is 11.3 Å². The van der Waals surface area contributed by atoms with Gasteiger partial charge in [0.25, 0.3) is 5.91 Å². The lowest BCUT2D eigenvalue weighted by Crippen LogP contribution is -2.32. The van der Waals surface area contributed by atoms with Crippen LogP contribution in [0.1, 0.15) is 35.3 Å². The van der Waals surface area contributed by atoms with Gasteiger partial charge in [0.05, 0.1) is 6.54 Å². The number of likely N-dealkylation sites (tertiary alicyclic amines) is 1. The minimum Gasteiger partial charge on any atom is -0.297 e. The summed E-state index contributed by atoms with van der Waals surface area (Å²) in [6, 6.07) is 0. The van der Waals surface area contributed by atoms with Crippen molar-refractivity contribution >= 4 is 17.2 Å². The number of thiazole rings is 1. The molecule has 0 aromatic carbocycles. The van der Waals surface area contributed by atoms with Crippen LogP contribution in [-0.2, 0) is 6.54 Å². The minimum atomic E-state index is -0.320. The molecule has 1 aliphatic rings. The van der Waals surface area contributed by atoms with Crippen LogP contribution in [-0.4, -0.2) is 28.9 Å². The molecular weight excluding hydrogens is 236 g/mol. The molecule has 1 fully saturated rings. The van der Waals surface area contributed by atoms with Crippen molar-refractivity contribution in [2.45, 2.75) is 26.3 Å². The molecule has 0 aliphatic carbocycles. The topological polar surface area (TPSA) is 71.2 Å². The number of amides is 1. The number of nitrogens with two attached hydrogens (primary N) is 1. The van der Waals surface area contributed by atoms with Gasteiger partial charge in [-0.05, 0) is 31.8 Å². The van der Waals surface area contributed by atoms with Crippen molar-refractivity contribution in [3.8, 4) is 0 Å². The van der Waals surface area contributed by atoms with Gasteiger partial charge in [0.15, 0.2) is 0 Å². The first kappa shape index (κ1) is 12.5. The Morgan fingerprint density at radius 3 is 3.00 bits per heavy atom. The Balaban J connectivity index is 1.90. The lowest BCUT2D eigenvalue weighted by Gasteiger charge is -2.29. The van der Waals surface area contributed by atoms with Crippen molar-refractivity contribution in [3.63, 3.8) is 0 Å². The SMILES string of the molecule is CC1CCN(Cc2nc(C(=O)NN)cs2)CC1. The molecule has 0 radical (unpaired) electrons. The Hall–Kier alpha value is -0.980. The maximum atomic E-state index is 11.3. The van der Waals surface area contributed by atoms with Gasteiger partial charge >= 0.3 is 0 Å². The number of nitrogens with zero attached hydrogens (tertiary/aromatic N) is 2. The van der Waals surface area contributed by atoms with E-state index in [2.05, 4.69) is 22.2 Å². The van der Waals surface area contributed by atoms with Gasteiger partial charge in [-0.2, -0.15) is 0 Å². The van der Waals surface area contributed by atoms with E-state index in [1.54, 1.807) is 5.38 Å². The summed E-state index contributed by atoms with van der Waals surface area (Å²) >= 11 is 1.52. The van der Waals surface area contributed by atoms with Crippen molar-refractivity contribution in [1.29, 1.82) is 0 Å². The quantitative estimate of drug-likeness (QED) is 0.479. The summed E-state index contributed by atoms with van der Waals surface area (Å²) in [5.74, 6) is 5.58. The third kappa shape index (κ3) is 3.24. The van der Waals surface area contributed by atoms with Crippen molar-refractivity contribution in [3.05, 3.63) is 16.1 Å². The molecule has 1 aromatic heterocycles. The second-order valence-electron chi connectivity index (χ2n) is 4.56. The van der Waals surface area contributed by atoms with Crippen LogP contribution in [0.5, 0.6) is 0 Å². The Morgan fingerprint density at radius 2 is 2.35 bits per heavy atom. The third-order valence-corrected chi connectivity index (χ3v) is 3.98. The number of nitrogens with one attached hydrogen (secondary N) is 1. The van der Waals surface area contributed by atoms with E-state index in [9.17, 15) is 4.79 Å². The number of rotatable bonds is 3. The zero-order valence-corrected chi connectivity index (χ0v) is 10.8. The first-order valence-electron chi connectivity index (χ1n) is 5.86. The molecule has 94 valence electrons. The van der Waals surface area contributed by atoms with E-state index in [1.165, 1.54) is 24.2 Å². The predicted octanol–water partition coefficient (Wildman–Crippen LogP) is 0.979. The summed E-state index contributed by atoms with van der Waals surface area (Å²) in [5, 5.41) is 2.74. The Kier molecular flexibility index (Phi) is 4.09. The van der Waals surface area contributed by atoms with E-state index in [1.807, 2.05) is 0 Å². The number of piperidine rings is 1. The van der Waals surface area contributed by atoms with Crippen LogP contribution in [0.2, 0.25) is 0 Å². The van der Waals surface area contributed by atoms with Crippen molar-refractivity contribution < 1.29 is 4.79 Å². The minimum absolute atomic E-state index is 0.320. The molecular formula is C11H18N4OS. The van der Waals surface area contributed by atoms with Gasteiger partial charge in [0, 0.05) is 5.38 Å². The molecule has 5 nitrogen and oxygen atoms in total. The number of carbonyl (C=O) groups excluding carboxylic acids is 1. The fraction of sp³-hybridized carbons (Fsp3) is 0.636. The first-order chi connectivity index (χ1) is 8.19. The molecule has 1 saturated heterocycles. The first-order valence-corrected chi connectivity index (χ1v) is 6.74. The molecule has 0 bridgehead atoms. The number of aromatic nitrogens is 1. The lowest BCUT2D eigenvalue weighted by molar-refractivity contribution is 0.0949. The molecule has 0 saturated carbocycles. The molecule has 0 atom stereocenters. The summed E-state index contributed by atoms with van der Waals surface area (Å²) in [6.07, 6.45) is 2.50. The van der Waals surface area contributed by atoms with E-state index in [0.29, 0.717) is 5.69 Å². The number of hydrogen-bond donors (Lipinski definition) is 2. The highest BCUT2D eigenvalue weighted by atomic mass is 32.1. The van der Waals surface area contributed by atoms with Gasteiger partial charge in [-0.1, -0.05) is 6.92 Å². The molecule has 1 aromatic rings. The zero-order valence-electron chi connectivity index (χ0n) is 9.98. The second kappa shape index (κ2) is 5.57. The lowest BCUT2D eigenvalue weighted by atomic mass is 9.99. The molecule has 1 amide bonds. The zero-order chi connectivity index (χ0) is 12.3. The monoisotopic (exact) mass is 254 g/mol. The highest BCUT2D eigenvalue weighted by molar-refractivity contribution is 7.09. The summed E-state index contributed by atoms with van der Waals surface area (Å²) in [5.41, 5.74) is 2.51. The average Bonchev–Trinajstić information content (AvgIpc) is 2.80. The van der Waals surface area contributed by atoms with E-state index in [-0.39, 0.29) is 5.91 Å². The molecule has 1 aliphatic heterocycles. The molecule has 3 N–H and O–H groups in total. The number of hydrogen-bond acceptors (Lipinski definition) is 5. The average molecular weight is 254 g/mol. The van der Waals surface area contributed by atoms with Crippen LogP contribution in [0.25, 0.3) is 0 Å². The maximum Gasteiger partial charge on any atom is 0.284 e. The van der Waals surface area contributed by atoms with E-state index < -0.39 is 0 Å². The van der Waals surface area contributed by atoms with Crippen LogP contribution in [0.3, 0.4) is 0 Å². The van der Waals surface area contributed by atoms with Gasteiger partial charge in [-0.25, -0.2) is 10.8 Å². The van der Waals surface area contributed by atoms with Gasteiger partial charge < -0.3 is 0 Å². The van der Waals surface area contributed by atoms with Crippen molar-refractivity contribution in [2.24, 2.45) is 11.8 Å². The molecule has 2 heterocycles. The molecule has 2 rings (SSSR count). The molecule has 0 unspecified atom stereocenters. The largest absolute Gasteiger partial charge is 0.297 e. The summed E-state index contributed by atoms with van der Waals surface area (Å²) in [6.45, 7) is 5.39. The number of carbonyl (C=O) groups is 1. The highest BCUT2D eigenvalue weighted by Crippen LogP contribution is 2.19. The van der Waals surface area contributed by atoms with Gasteiger partial charge in [-0.15, -0.1) is 11.3 Å². The second-order valence-corrected chi connectivity index (χ2v) is 5.50. The van der Waals surface area contributed by atoms with Crippen LogP contribution in [0, 0.1) is 5.92 Å². The smallest absolute Gasteiger partial charge is 0.284 e. The fourth-order valence-corrected chi connectivity index (χ4v) is 2.79. The Morgan fingerprint density at radius 1 is 1.65 bits per heavy atom. The van der Waals surface area contributed by atoms with E-state index >= 15 is 0 Å². The third-order valence-electron chi connectivity index (χ3n) is 3.15. The normalized spacial score (nSPS) is 18.2. The maximum absolute atomic E-state index is 11.3. The van der Waals surface area contributed by atoms with E-state index in [4.69, 9.17) is 5.84 Å². The van der Waals surface area contributed by atoms with Crippen LogP contribution in [0.15, 0.2) is 5.38 Å². The van der Waals surface area contributed by atoms with Gasteiger partial charge in [-0.3, -0.25) is 15.1 Å². The fourth-order valence-electron chi connectivity index (χ4n) is 1.97. The number of nitrogen functional groups attached to an aromatic ring is 1. The molecule has 6 heteroatoms. The molecule has 0 spiro atoms. The summed E-state index contributed by atoms with van der Waals surface area (Å²) in [7, 11) is 0. The van der Waals surface area contributed by atoms with Gasteiger partial charge in [0.2, 0.25) is 0 Å². The Bertz CT molecular complexity index is 385. The molecule has 17 heavy (non-hydrogen) atoms. The van der Waals surface area contributed by atoms with Crippen LogP contribution in [0.4, 0.5) is 0 Å². The summed E-state index contributed by atoms with van der Waals surface area (Å²) in [4.78, 5) is 17.9. The van der Waals surface area contributed by atoms with Crippen molar-refractivity contribution in [2.75, 3.05) is 13.1 Å². The van der Waals surface area contributed by atoms with E-state index in [0.717, 1.165) is 30.6 Å². The highest BCUT2D eigenvalue weighted by Gasteiger charge is 2.17. The number of hydrazine groups is 1. The summed E-state index contributed by atoms with van der Waals surface area (Å²) < 4.78 is 0. The van der Waals surface area contributed by atoms with Crippen LogP contribution >= 0.6 is 11.3 Å². The standard InChI is InChI=1S/C11H18N4OS/c1-8-2-4-15(5-3-8)6-10-13-9(7-17-10)11(16)14-12/h7-8H,2-6,12H2,1H3,(H,14,16).